The zero-order chi connectivity index (χ0) is 18.8. The summed E-state index contributed by atoms with van der Waals surface area (Å²) in [4.78, 5) is 6.34. The lowest BCUT2D eigenvalue weighted by Crippen LogP contribution is -2.44. The molecule has 1 aliphatic heterocycles. The van der Waals surface area contributed by atoms with Gasteiger partial charge in [0.25, 0.3) is 0 Å². The highest BCUT2D eigenvalue weighted by molar-refractivity contribution is 14.0. The summed E-state index contributed by atoms with van der Waals surface area (Å²) < 4.78 is 33.2. The number of para-hydroxylation sites is 1. The van der Waals surface area contributed by atoms with Gasteiger partial charge in [0.2, 0.25) is 0 Å². The number of hydrogen-bond donors (Lipinski definition) is 2. The summed E-state index contributed by atoms with van der Waals surface area (Å²) in [7, 11) is 0. The van der Waals surface area contributed by atoms with E-state index in [2.05, 4.69) is 15.6 Å². The van der Waals surface area contributed by atoms with Gasteiger partial charge in [0, 0.05) is 45.4 Å². The molecule has 2 N–H and O–H groups in total. The summed E-state index contributed by atoms with van der Waals surface area (Å²) in [5, 5.41) is 6.61. The summed E-state index contributed by atoms with van der Waals surface area (Å²) in [6, 6.07) is 4.09. The first-order chi connectivity index (χ1) is 12.7. The van der Waals surface area contributed by atoms with Crippen molar-refractivity contribution in [3.8, 4) is 0 Å². The molecular formula is C19H31F2IN4O. The zero-order valence-corrected chi connectivity index (χ0v) is 18.5. The van der Waals surface area contributed by atoms with Gasteiger partial charge >= 0.3 is 0 Å². The lowest BCUT2D eigenvalue weighted by atomic mass is 10.2. The predicted octanol–water partition coefficient (Wildman–Crippen LogP) is 3.53. The molecule has 154 valence electrons. The van der Waals surface area contributed by atoms with E-state index in [-0.39, 0.29) is 35.7 Å². The molecule has 5 nitrogen and oxygen atoms in total. The summed E-state index contributed by atoms with van der Waals surface area (Å²) in [6.45, 7) is 8.17. The van der Waals surface area contributed by atoms with Crippen LogP contribution in [0, 0.1) is 11.6 Å². The SMILES string of the molecule is CCNC(=NCCCCOCC)NC1CCN(c2c(F)cccc2F)C1.I. The van der Waals surface area contributed by atoms with Gasteiger partial charge in [-0.2, -0.15) is 0 Å². The second kappa shape index (κ2) is 13.1. The Kier molecular flexibility index (Phi) is 11.6. The maximum atomic E-state index is 14.0. The van der Waals surface area contributed by atoms with Crippen LogP contribution in [0.3, 0.4) is 0 Å². The third kappa shape index (κ3) is 7.77. The number of aliphatic imine (C=N–C) groups is 1. The van der Waals surface area contributed by atoms with Crippen LogP contribution in [0.5, 0.6) is 0 Å². The number of halogens is 3. The van der Waals surface area contributed by atoms with Gasteiger partial charge < -0.3 is 20.3 Å². The highest BCUT2D eigenvalue weighted by Gasteiger charge is 2.27. The molecule has 0 aromatic heterocycles. The molecule has 27 heavy (non-hydrogen) atoms. The van der Waals surface area contributed by atoms with E-state index in [1.807, 2.05) is 13.8 Å². The van der Waals surface area contributed by atoms with Gasteiger partial charge in [-0.25, -0.2) is 8.78 Å². The predicted molar refractivity (Wildman–Crippen MR) is 117 cm³/mol. The number of ether oxygens (including phenoxy) is 1. The first kappa shape index (κ1) is 23.9. The third-order valence-electron chi connectivity index (χ3n) is 4.30. The molecule has 1 aromatic carbocycles. The van der Waals surface area contributed by atoms with Crippen molar-refractivity contribution >= 4 is 35.6 Å². The molecule has 1 fully saturated rings. The summed E-state index contributed by atoms with van der Waals surface area (Å²) in [6.07, 6.45) is 2.76. The van der Waals surface area contributed by atoms with Crippen LogP contribution >= 0.6 is 24.0 Å². The van der Waals surface area contributed by atoms with E-state index in [9.17, 15) is 8.78 Å². The quantitative estimate of drug-likeness (QED) is 0.238. The lowest BCUT2D eigenvalue weighted by molar-refractivity contribution is 0.144. The molecule has 0 radical (unpaired) electrons. The van der Waals surface area contributed by atoms with Crippen LogP contribution in [0.25, 0.3) is 0 Å². The lowest BCUT2D eigenvalue weighted by Gasteiger charge is -2.21. The molecule has 2 rings (SSSR count). The fourth-order valence-electron chi connectivity index (χ4n) is 3.04. The van der Waals surface area contributed by atoms with E-state index in [1.54, 1.807) is 4.90 Å². The van der Waals surface area contributed by atoms with E-state index in [0.717, 1.165) is 51.5 Å². The van der Waals surface area contributed by atoms with Crippen molar-refractivity contribution in [2.24, 2.45) is 4.99 Å². The Hall–Kier alpha value is -1.16. The molecule has 0 bridgehead atoms. The van der Waals surface area contributed by atoms with Crippen LogP contribution in [0.2, 0.25) is 0 Å². The maximum Gasteiger partial charge on any atom is 0.191 e. The number of benzene rings is 1. The number of anilines is 1. The second-order valence-electron chi connectivity index (χ2n) is 6.31. The molecular weight excluding hydrogens is 465 g/mol. The number of rotatable bonds is 9. The Morgan fingerprint density at radius 2 is 2.00 bits per heavy atom. The van der Waals surface area contributed by atoms with Gasteiger partial charge in [0.05, 0.1) is 0 Å². The highest BCUT2D eigenvalue weighted by Crippen LogP contribution is 2.26. The number of nitrogens with zero attached hydrogens (tertiary/aromatic N) is 2. The highest BCUT2D eigenvalue weighted by atomic mass is 127. The molecule has 1 aromatic rings. The Morgan fingerprint density at radius 1 is 1.26 bits per heavy atom. The minimum atomic E-state index is -0.513. The van der Waals surface area contributed by atoms with Gasteiger partial charge in [-0.15, -0.1) is 24.0 Å². The van der Waals surface area contributed by atoms with E-state index in [0.29, 0.717) is 13.1 Å². The van der Waals surface area contributed by atoms with E-state index >= 15 is 0 Å². The van der Waals surface area contributed by atoms with Crippen LogP contribution in [0.4, 0.5) is 14.5 Å². The Morgan fingerprint density at radius 3 is 2.67 bits per heavy atom. The fourth-order valence-corrected chi connectivity index (χ4v) is 3.04. The van der Waals surface area contributed by atoms with Crippen molar-refractivity contribution in [1.82, 2.24) is 10.6 Å². The van der Waals surface area contributed by atoms with Crippen molar-refractivity contribution in [3.63, 3.8) is 0 Å². The molecule has 1 atom stereocenters. The summed E-state index contributed by atoms with van der Waals surface area (Å²) in [5.74, 6) is -0.272. The molecule has 0 saturated carbocycles. The number of unbranched alkanes of at least 4 members (excludes halogenated alkanes) is 1. The van der Waals surface area contributed by atoms with Crippen LogP contribution < -0.4 is 15.5 Å². The van der Waals surface area contributed by atoms with E-state index < -0.39 is 11.6 Å². The minimum Gasteiger partial charge on any atom is -0.382 e. The van der Waals surface area contributed by atoms with Crippen molar-refractivity contribution in [2.75, 3.05) is 44.3 Å². The monoisotopic (exact) mass is 496 g/mol. The van der Waals surface area contributed by atoms with Gasteiger partial charge in [-0.3, -0.25) is 4.99 Å². The maximum absolute atomic E-state index is 14.0. The topological polar surface area (TPSA) is 48.9 Å². The molecule has 1 heterocycles. The summed E-state index contributed by atoms with van der Waals surface area (Å²) in [5.41, 5.74) is 0.0645. The van der Waals surface area contributed by atoms with Gasteiger partial charge in [0.15, 0.2) is 5.96 Å². The van der Waals surface area contributed by atoms with Crippen molar-refractivity contribution < 1.29 is 13.5 Å². The number of nitrogens with one attached hydrogen (secondary N) is 2. The normalized spacial score (nSPS) is 17.0. The van der Waals surface area contributed by atoms with Crippen molar-refractivity contribution in [1.29, 1.82) is 0 Å². The second-order valence-corrected chi connectivity index (χ2v) is 6.31. The van der Waals surface area contributed by atoms with Crippen LogP contribution in [0.15, 0.2) is 23.2 Å². The van der Waals surface area contributed by atoms with Crippen molar-refractivity contribution in [3.05, 3.63) is 29.8 Å². The van der Waals surface area contributed by atoms with Crippen molar-refractivity contribution in [2.45, 2.75) is 39.2 Å². The first-order valence-corrected chi connectivity index (χ1v) is 9.47. The average Bonchev–Trinajstić information content (AvgIpc) is 3.06. The zero-order valence-electron chi connectivity index (χ0n) is 16.1. The Bertz CT molecular complexity index is 569. The Labute approximate surface area is 178 Å². The van der Waals surface area contributed by atoms with E-state index in [4.69, 9.17) is 4.74 Å². The molecule has 0 amide bonds. The van der Waals surface area contributed by atoms with Crippen LogP contribution in [0.1, 0.15) is 33.1 Å². The van der Waals surface area contributed by atoms with Crippen LogP contribution in [-0.2, 0) is 4.74 Å². The smallest absolute Gasteiger partial charge is 0.191 e. The average molecular weight is 496 g/mol. The largest absolute Gasteiger partial charge is 0.382 e. The molecule has 0 aliphatic carbocycles. The third-order valence-corrected chi connectivity index (χ3v) is 4.30. The molecule has 1 unspecified atom stereocenters. The molecule has 1 aliphatic rings. The fraction of sp³-hybridized carbons (Fsp3) is 0.632. The Balaban J connectivity index is 0.00000364. The number of guanidine groups is 1. The first-order valence-electron chi connectivity index (χ1n) is 9.47. The summed E-state index contributed by atoms with van der Waals surface area (Å²) >= 11 is 0. The van der Waals surface area contributed by atoms with Gasteiger partial charge in [-0.05, 0) is 45.2 Å². The van der Waals surface area contributed by atoms with Gasteiger partial charge in [0.1, 0.15) is 17.3 Å². The molecule has 1 saturated heterocycles. The van der Waals surface area contributed by atoms with Crippen LogP contribution in [-0.4, -0.2) is 51.4 Å². The molecule has 8 heteroatoms. The standard InChI is InChI=1S/C19H30F2N4O.HI/c1-3-22-19(23-11-5-6-13-26-4-2)24-15-10-12-25(14-15)18-16(20)8-7-9-17(18)21;/h7-9,15H,3-6,10-14H2,1-2H3,(H2,22,23,24);1H. The van der Waals surface area contributed by atoms with Gasteiger partial charge in [-0.1, -0.05) is 6.07 Å². The minimum absolute atomic E-state index is 0. The van der Waals surface area contributed by atoms with E-state index in [1.165, 1.54) is 18.2 Å². The number of hydrogen-bond acceptors (Lipinski definition) is 3. The molecule has 0 spiro atoms.